The van der Waals surface area contributed by atoms with Crippen LogP contribution < -0.4 is 5.32 Å². The molecule has 3 nitrogen and oxygen atoms in total. The number of rotatable bonds is 2. The molecule has 1 aliphatic heterocycles. The number of benzene rings is 1. The van der Waals surface area contributed by atoms with Crippen LogP contribution in [-0.2, 0) is 9.53 Å². The van der Waals surface area contributed by atoms with Gasteiger partial charge in [-0.25, -0.2) is 4.39 Å². The molecule has 1 fully saturated rings. The van der Waals surface area contributed by atoms with Gasteiger partial charge < -0.3 is 10.1 Å². The van der Waals surface area contributed by atoms with Crippen LogP contribution in [0.15, 0.2) is 24.3 Å². The molecule has 0 aromatic heterocycles. The van der Waals surface area contributed by atoms with Gasteiger partial charge in [0.1, 0.15) is 5.82 Å². The Morgan fingerprint density at radius 2 is 2.35 bits per heavy atom. The van der Waals surface area contributed by atoms with Gasteiger partial charge in [-0.3, -0.25) is 4.79 Å². The van der Waals surface area contributed by atoms with Crippen molar-refractivity contribution in [1.82, 2.24) is 5.32 Å². The zero-order valence-electron chi connectivity index (χ0n) is 9.78. The van der Waals surface area contributed by atoms with Gasteiger partial charge in [-0.2, -0.15) is 0 Å². The lowest BCUT2D eigenvalue weighted by molar-refractivity contribution is -0.146. The van der Waals surface area contributed by atoms with Crippen molar-refractivity contribution >= 4 is 5.97 Å². The summed E-state index contributed by atoms with van der Waals surface area (Å²) in [6.07, 6.45) is 0.823. The normalized spacial score (nSPS) is 24.4. The van der Waals surface area contributed by atoms with Crippen molar-refractivity contribution in [2.24, 2.45) is 5.92 Å². The van der Waals surface area contributed by atoms with Crippen molar-refractivity contribution in [3.05, 3.63) is 35.6 Å². The van der Waals surface area contributed by atoms with Gasteiger partial charge in [0.2, 0.25) is 0 Å². The summed E-state index contributed by atoms with van der Waals surface area (Å²) in [6, 6.07) is 6.47. The molecule has 2 atom stereocenters. The molecule has 2 rings (SSSR count). The molecule has 0 unspecified atom stereocenters. The highest BCUT2D eigenvalue weighted by Crippen LogP contribution is 2.31. The highest BCUT2D eigenvalue weighted by molar-refractivity contribution is 5.74. The lowest BCUT2D eigenvalue weighted by Gasteiger charge is -2.30. The summed E-state index contributed by atoms with van der Waals surface area (Å²) < 4.78 is 18.0. The van der Waals surface area contributed by atoms with Gasteiger partial charge in [0.25, 0.3) is 0 Å². The number of methoxy groups -OCH3 is 1. The standard InChI is InChI=1S/C13H16FNO2/c1-17-13(16)12-8-15-6-5-11(12)9-3-2-4-10(14)7-9/h2-4,7,11-12,15H,5-6,8H2,1H3/t11-,12+/m1/s1. The first-order valence-electron chi connectivity index (χ1n) is 5.76. The first-order chi connectivity index (χ1) is 8.22. The van der Waals surface area contributed by atoms with Crippen LogP contribution in [0.4, 0.5) is 4.39 Å². The summed E-state index contributed by atoms with van der Waals surface area (Å²) in [5, 5.41) is 3.17. The molecular formula is C13H16FNO2. The van der Waals surface area contributed by atoms with Crippen LogP contribution in [0.5, 0.6) is 0 Å². The second-order valence-electron chi connectivity index (χ2n) is 4.28. The van der Waals surface area contributed by atoms with Crippen LogP contribution in [0.1, 0.15) is 17.9 Å². The van der Waals surface area contributed by atoms with Gasteiger partial charge in [-0.15, -0.1) is 0 Å². The Labute approximate surface area is 100.0 Å². The number of hydrogen-bond donors (Lipinski definition) is 1. The molecule has 0 amide bonds. The Balaban J connectivity index is 2.24. The Morgan fingerprint density at radius 1 is 1.53 bits per heavy atom. The maximum Gasteiger partial charge on any atom is 0.310 e. The second kappa shape index (κ2) is 5.27. The van der Waals surface area contributed by atoms with E-state index >= 15 is 0 Å². The number of piperidine rings is 1. The van der Waals surface area contributed by atoms with E-state index in [0.29, 0.717) is 6.54 Å². The molecule has 0 radical (unpaired) electrons. The van der Waals surface area contributed by atoms with E-state index in [2.05, 4.69) is 5.32 Å². The summed E-state index contributed by atoms with van der Waals surface area (Å²) in [5.74, 6) is -0.675. The smallest absolute Gasteiger partial charge is 0.310 e. The van der Waals surface area contributed by atoms with Crippen LogP contribution in [0.25, 0.3) is 0 Å². The largest absolute Gasteiger partial charge is 0.469 e. The van der Waals surface area contributed by atoms with E-state index in [4.69, 9.17) is 4.74 Å². The average Bonchev–Trinajstić information content (AvgIpc) is 2.38. The minimum atomic E-state index is -0.260. The summed E-state index contributed by atoms with van der Waals surface area (Å²) in [7, 11) is 1.39. The molecule has 1 aliphatic rings. The van der Waals surface area contributed by atoms with Gasteiger partial charge in [0.05, 0.1) is 13.0 Å². The maximum atomic E-state index is 13.2. The zero-order valence-corrected chi connectivity index (χ0v) is 9.78. The first-order valence-corrected chi connectivity index (χ1v) is 5.76. The monoisotopic (exact) mass is 237 g/mol. The third-order valence-electron chi connectivity index (χ3n) is 3.26. The molecule has 17 heavy (non-hydrogen) atoms. The summed E-state index contributed by atoms with van der Waals surface area (Å²) >= 11 is 0. The van der Waals surface area contributed by atoms with Gasteiger partial charge in [0, 0.05) is 6.54 Å². The molecule has 4 heteroatoms. The molecule has 1 aromatic rings. The number of nitrogens with one attached hydrogen (secondary N) is 1. The van der Waals surface area contributed by atoms with Crippen molar-refractivity contribution in [3.8, 4) is 0 Å². The number of ether oxygens (including phenoxy) is 1. The Hall–Kier alpha value is -1.42. The summed E-state index contributed by atoms with van der Waals surface area (Å²) in [6.45, 7) is 1.43. The molecule has 0 saturated carbocycles. The van der Waals surface area contributed by atoms with E-state index in [1.807, 2.05) is 6.07 Å². The Bertz CT molecular complexity index is 408. The highest BCUT2D eigenvalue weighted by Gasteiger charge is 2.32. The quantitative estimate of drug-likeness (QED) is 0.795. The van der Waals surface area contributed by atoms with E-state index in [9.17, 15) is 9.18 Å². The third kappa shape index (κ3) is 2.64. The topological polar surface area (TPSA) is 38.3 Å². The van der Waals surface area contributed by atoms with Crippen molar-refractivity contribution in [2.45, 2.75) is 12.3 Å². The molecule has 0 spiro atoms. The Kier molecular flexibility index (Phi) is 3.74. The minimum Gasteiger partial charge on any atom is -0.469 e. The van der Waals surface area contributed by atoms with Crippen molar-refractivity contribution in [2.75, 3.05) is 20.2 Å². The van der Waals surface area contributed by atoms with Crippen LogP contribution in [-0.4, -0.2) is 26.2 Å². The predicted octanol–water partition coefficient (Wildman–Crippen LogP) is 1.69. The fraction of sp³-hybridized carbons (Fsp3) is 0.462. The summed E-state index contributed by atoms with van der Waals surface area (Å²) in [4.78, 5) is 11.7. The van der Waals surface area contributed by atoms with Crippen LogP contribution in [0, 0.1) is 11.7 Å². The third-order valence-corrected chi connectivity index (χ3v) is 3.26. The number of carbonyl (C=O) groups excluding carboxylic acids is 1. The molecule has 1 saturated heterocycles. The lowest BCUT2D eigenvalue weighted by atomic mass is 9.81. The van der Waals surface area contributed by atoms with E-state index in [1.54, 1.807) is 6.07 Å². The summed E-state index contributed by atoms with van der Waals surface area (Å²) in [5.41, 5.74) is 0.877. The van der Waals surface area contributed by atoms with Gasteiger partial charge in [-0.1, -0.05) is 12.1 Å². The van der Waals surface area contributed by atoms with Crippen molar-refractivity contribution in [3.63, 3.8) is 0 Å². The molecule has 0 bridgehead atoms. The van der Waals surface area contributed by atoms with Crippen molar-refractivity contribution in [1.29, 1.82) is 0 Å². The second-order valence-corrected chi connectivity index (χ2v) is 4.28. The molecular weight excluding hydrogens is 221 g/mol. The maximum absolute atomic E-state index is 13.2. The zero-order chi connectivity index (χ0) is 12.3. The Morgan fingerprint density at radius 3 is 3.06 bits per heavy atom. The fourth-order valence-corrected chi connectivity index (χ4v) is 2.39. The van der Waals surface area contributed by atoms with E-state index < -0.39 is 0 Å². The predicted molar refractivity (Wildman–Crippen MR) is 62.1 cm³/mol. The van der Waals surface area contributed by atoms with E-state index in [1.165, 1.54) is 19.2 Å². The first kappa shape index (κ1) is 12.0. The fourth-order valence-electron chi connectivity index (χ4n) is 2.39. The van der Waals surface area contributed by atoms with Crippen LogP contribution >= 0.6 is 0 Å². The molecule has 0 aliphatic carbocycles. The van der Waals surface area contributed by atoms with Gasteiger partial charge in [0.15, 0.2) is 0 Å². The van der Waals surface area contributed by atoms with Gasteiger partial charge >= 0.3 is 5.97 Å². The number of hydrogen-bond acceptors (Lipinski definition) is 3. The molecule has 92 valence electrons. The van der Waals surface area contributed by atoms with Crippen LogP contribution in [0.3, 0.4) is 0 Å². The van der Waals surface area contributed by atoms with Crippen molar-refractivity contribution < 1.29 is 13.9 Å². The average molecular weight is 237 g/mol. The number of esters is 1. The number of halogens is 1. The molecule has 1 N–H and O–H groups in total. The van der Waals surface area contributed by atoms with E-state index in [-0.39, 0.29) is 23.6 Å². The number of carbonyl (C=O) groups is 1. The van der Waals surface area contributed by atoms with E-state index in [0.717, 1.165) is 18.5 Å². The molecule has 1 aromatic carbocycles. The minimum absolute atomic E-state index is 0.0411. The van der Waals surface area contributed by atoms with Gasteiger partial charge in [-0.05, 0) is 36.6 Å². The lowest BCUT2D eigenvalue weighted by Crippen LogP contribution is -2.40. The molecule has 1 heterocycles. The highest BCUT2D eigenvalue weighted by atomic mass is 19.1. The SMILES string of the molecule is COC(=O)[C@H]1CNCC[C@@H]1c1cccc(F)c1. The van der Waals surface area contributed by atoms with Crippen LogP contribution in [0.2, 0.25) is 0 Å².